The normalized spacial score (nSPS) is 14.9. The number of unbranched alkanes of at least 4 members (excludes halogenated alkanes) is 32. The van der Waals surface area contributed by atoms with E-state index in [1.807, 2.05) is 0 Å². The molecule has 0 saturated heterocycles. The summed E-state index contributed by atoms with van der Waals surface area (Å²) in [5.41, 5.74) is 0. The quantitative estimate of drug-likeness (QED) is 0.0222. The summed E-state index contributed by atoms with van der Waals surface area (Å²) in [4.78, 5) is 72.6. The molecule has 0 aliphatic carbocycles. The lowest BCUT2D eigenvalue weighted by atomic mass is 9.99. The van der Waals surface area contributed by atoms with Gasteiger partial charge in [0.25, 0.3) is 0 Å². The van der Waals surface area contributed by atoms with Crippen molar-refractivity contribution in [3.05, 3.63) is 0 Å². The van der Waals surface area contributed by atoms with Gasteiger partial charge in [0, 0.05) is 25.7 Å². The number of phosphoric acid groups is 2. The number of carbonyl (C=O) groups excluding carboxylic acids is 4. The van der Waals surface area contributed by atoms with Crippen molar-refractivity contribution in [2.45, 2.75) is 369 Å². The van der Waals surface area contributed by atoms with Crippen LogP contribution in [0.15, 0.2) is 0 Å². The van der Waals surface area contributed by atoms with Crippen molar-refractivity contribution in [3.63, 3.8) is 0 Å². The first-order valence-electron chi connectivity index (χ1n) is 36.8. The highest BCUT2D eigenvalue weighted by Crippen LogP contribution is 2.45. The van der Waals surface area contributed by atoms with Crippen LogP contribution in [-0.2, 0) is 65.4 Å². The third-order valence-corrected chi connectivity index (χ3v) is 18.9. The van der Waals surface area contributed by atoms with Gasteiger partial charge in [-0.15, -0.1) is 0 Å². The van der Waals surface area contributed by atoms with Crippen LogP contribution in [0.1, 0.15) is 351 Å². The Bertz CT molecular complexity index is 1790. The monoisotopic (exact) mass is 1320 g/mol. The summed E-state index contributed by atoms with van der Waals surface area (Å²) in [5, 5.41) is 10.6. The molecule has 0 saturated carbocycles. The summed E-state index contributed by atoms with van der Waals surface area (Å²) in [6, 6.07) is 0. The molecule has 0 heterocycles. The summed E-state index contributed by atoms with van der Waals surface area (Å²) < 4.78 is 68.3. The maximum Gasteiger partial charge on any atom is 0.472 e. The third-order valence-electron chi connectivity index (χ3n) is 17.0. The van der Waals surface area contributed by atoms with Crippen molar-refractivity contribution in [2.24, 2.45) is 23.7 Å². The zero-order valence-electron chi connectivity index (χ0n) is 58.8. The molecule has 0 aromatic rings. The predicted octanol–water partition coefficient (Wildman–Crippen LogP) is 20.1. The number of esters is 4. The van der Waals surface area contributed by atoms with Crippen LogP contribution in [-0.4, -0.2) is 96.7 Å². The molecule has 0 amide bonds. The van der Waals surface area contributed by atoms with Crippen molar-refractivity contribution < 1.29 is 80.2 Å². The van der Waals surface area contributed by atoms with Gasteiger partial charge in [-0.3, -0.25) is 37.3 Å². The largest absolute Gasteiger partial charge is 0.472 e. The summed E-state index contributed by atoms with van der Waals surface area (Å²) in [5.74, 6) is 0.910. The van der Waals surface area contributed by atoms with E-state index in [1.165, 1.54) is 148 Å². The van der Waals surface area contributed by atoms with E-state index in [0.29, 0.717) is 25.7 Å². The minimum Gasteiger partial charge on any atom is -0.462 e. The lowest BCUT2D eigenvalue weighted by Gasteiger charge is -2.21. The smallest absolute Gasteiger partial charge is 0.462 e. The average Bonchev–Trinajstić information content (AvgIpc) is 3.65. The number of phosphoric ester groups is 2. The van der Waals surface area contributed by atoms with Gasteiger partial charge >= 0.3 is 39.5 Å². The molecule has 90 heavy (non-hydrogen) atoms. The molecular weight excluding hydrogens is 1190 g/mol. The molecule has 534 valence electrons. The van der Waals surface area contributed by atoms with Crippen LogP contribution >= 0.6 is 15.6 Å². The first-order chi connectivity index (χ1) is 43.2. The number of aliphatic hydroxyl groups is 1. The van der Waals surface area contributed by atoms with Gasteiger partial charge in [0.05, 0.1) is 26.4 Å². The Morgan fingerprint density at radius 2 is 0.533 bits per heavy atom. The molecule has 4 unspecified atom stereocenters. The second-order valence-corrected chi connectivity index (χ2v) is 30.0. The van der Waals surface area contributed by atoms with Crippen LogP contribution in [0.25, 0.3) is 0 Å². The Hall–Kier alpha value is -1.94. The van der Waals surface area contributed by atoms with Crippen LogP contribution in [0.5, 0.6) is 0 Å². The average molecular weight is 1330 g/mol. The first-order valence-corrected chi connectivity index (χ1v) is 39.8. The molecule has 19 heteroatoms. The van der Waals surface area contributed by atoms with Gasteiger partial charge in [0.15, 0.2) is 12.2 Å². The van der Waals surface area contributed by atoms with E-state index in [2.05, 4.69) is 55.4 Å². The SMILES string of the molecule is CCC(C)CCCCCCCCCCC(=O)OC[C@H](COP(=O)(O)OC[C@@H](O)COP(=O)(O)OC[C@@H](COC(=O)CCCCCCCCC(C)CC)OC(=O)CCCCCCCCCCCCCC(C)C)OC(=O)CCCCCCCCCCCCCC(C)C. The van der Waals surface area contributed by atoms with Gasteiger partial charge in [-0.1, -0.05) is 299 Å². The Kier molecular flexibility index (Phi) is 59.4. The number of hydrogen-bond donors (Lipinski definition) is 3. The highest BCUT2D eigenvalue weighted by Gasteiger charge is 2.30. The van der Waals surface area contributed by atoms with Crippen LogP contribution in [0, 0.1) is 23.7 Å². The molecule has 0 aromatic carbocycles. The number of rotatable bonds is 68. The molecule has 3 N–H and O–H groups in total. The molecule has 0 bridgehead atoms. The number of hydrogen-bond acceptors (Lipinski definition) is 15. The minimum atomic E-state index is -4.95. The first kappa shape index (κ1) is 88.1. The van der Waals surface area contributed by atoms with E-state index in [0.717, 1.165) is 120 Å². The third kappa shape index (κ3) is 62.2. The van der Waals surface area contributed by atoms with Gasteiger partial charge in [-0.05, 0) is 49.4 Å². The van der Waals surface area contributed by atoms with E-state index in [1.54, 1.807) is 0 Å². The fourth-order valence-electron chi connectivity index (χ4n) is 10.6. The minimum absolute atomic E-state index is 0.105. The maximum atomic E-state index is 13.0. The highest BCUT2D eigenvalue weighted by molar-refractivity contribution is 7.47. The van der Waals surface area contributed by atoms with E-state index >= 15 is 0 Å². The van der Waals surface area contributed by atoms with E-state index in [4.69, 9.17) is 37.0 Å². The second-order valence-electron chi connectivity index (χ2n) is 27.1. The van der Waals surface area contributed by atoms with Gasteiger partial charge < -0.3 is 33.8 Å². The fraction of sp³-hybridized carbons (Fsp3) is 0.944. The van der Waals surface area contributed by atoms with Crippen molar-refractivity contribution in [1.29, 1.82) is 0 Å². The number of carbonyl (C=O) groups is 4. The topological polar surface area (TPSA) is 237 Å². The molecule has 17 nitrogen and oxygen atoms in total. The van der Waals surface area contributed by atoms with Crippen molar-refractivity contribution in [1.82, 2.24) is 0 Å². The van der Waals surface area contributed by atoms with Crippen LogP contribution in [0.3, 0.4) is 0 Å². The molecule has 0 aliphatic heterocycles. The van der Waals surface area contributed by atoms with Crippen LogP contribution in [0.2, 0.25) is 0 Å². The standard InChI is InChI=1S/C71H138O17P2/c1-9-63(7)49-41-33-25-21-22-26-35-43-51-68(73)81-57-66(87-70(75)53-45-37-27-19-15-11-13-17-23-31-39-47-61(3)4)59-85-89(77,78)83-55-65(72)56-84-90(79,80)86-60-67(58-82-69(74)52-44-36-30-29-34-42-50-64(8)10-2)88-71(76)54-46-38-28-20-16-12-14-18-24-32-40-48-62(5)6/h61-67,72H,9-60H2,1-8H3,(H,77,78)(H,79,80)/t63?,64?,65-,66-,67-/m1/s1. The van der Waals surface area contributed by atoms with Crippen LogP contribution < -0.4 is 0 Å². The molecule has 0 rings (SSSR count). The van der Waals surface area contributed by atoms with Crippen LogP contribution in [0.4, 0.5) is 0 Å². The molecule has 7 atom stereocenters. The second kappa shape index (κ2) is 60.7. The maximum absolute atomic E-state index is 13.0. The Balaban J connectivity index is 5.27. The van der Waals surface area contributed by atoms with E-state index < -0.39 is 97.5 Å². The molecule has 0 aliphatic rings. The van der Waals surface area contributed by atoms with Crippen molar-refractivity contribution >= 4 is 39.5 Å². The molecule has 0 spiro atoms. The molecule has 0 radical (unpaired) electrons. The van der Waals surface area contributed by atoms with Gasteiger partial charge in [-0.2, -0.15) is 0 Å². The Morgan fingerprint density at radius 3 is 0.789 bits per heavy atom. The van der Waals surface area contributed by atoms with E-state index in [-0.39, 0.29) is 25.7 Å². The lowest BCUT2D eigenvalue weighted by molar-refractivity contribution is -0.161. The molecule has 0 fully saturated rings. The molecule has 0 aromatic heterocycles. The fourth-order valence-corrected chi connectivity index (χ4v) is 12.2. The van der Waals surface area contributed by atoms with Gasteiger partial charge in [0.2, 0.25) is 0 Å². The molecular formula is C71H138O17P2. The van der Waals surface area contributed by atoms with Gasteiger partial charge in [0.1, 0.15) is 19.3 Å². The van der Waals surface area contributed by atoms with E-state index in [9.17, 15) is 43.2 Å². The van der Waals surface area contributed by atoms with Crippen molar-refractivity contribution in [2.75, 3.05) is 39.6 Å². The zero-order valence-corrected chi connectivity index (χ0v) is 60.6. The number of ether oxygens (including phenoxy) is 4. The summed E-state index contributed by atoms with van der Waals surface area (Å²) >= 11 is 0. The van der Waals surface area contributed by atoms with Crippen molar-refractivity contribution in [3.8, 4) is 0 Å². The Labute approximate surface area is 549 Å². The van der Waals surface area contributed by atoms with Gasteiger partial charge in [-0.25, -0.2) is 9.13 Å². The zero-order chi connectivity index (χ0) is 66.8. The summed E-state index contributed by atoms with van der Waals surface area (Å²) in [6.07, 6.45) is 43.0. The highest BCUT2D eigenvalue weighted by atomic mass is 31.2. The predicted molar refractivity (Wildman–Crippen MR) is 363 cm³/mol. The summed E-state index contributed by atoms with van der Waals surface area (Å²) in [7, 11) is -9.91. The number of aliphatic hydroxyl groups excluding tert-OH is 1. The Morgan fingerprint density at radius 1 is 0.311 bits per heavy atom. The summed E-state index contributed by atoms with van der Waals surface area (Å²) in [6.45, 7) is 14.1. The lowest BCUT2D eigenvalue weighted by Crippen LogP contribution is -2.30.